The Hall–Kier alpha value is -3.04. The molecule has 0 atom stereocenters. The van der Waals surface area contributed by atoms with Gasteiger partial charge in [0.15, 0.2) is 11.5 Å². The van der Waals surface area contributed by atoms with Gasteiger partial charge in [-0.15, -0.1) is 0 Å². The summed E-state index contributed by atoms with van der Waals surface area (Å²) < 4.78 is 11.1. The maximum absolute atomic E-state index is 12.8. The molecule has 1 saturated heterocycles. The molecule has 3 rings (SSSR count). The third-order valence-corrected chi connectivity index (χ3v) is 6.36. The summed E-state index contributed by atoms with van der Waals surface area (Å²) in [4.78, 5) is 27.0. The average molecular weight is 486 g/mol. The first-order valence-electron chi connectivity index (χ1n) is 10.6. The Morgan fingerprint density at radius 1 is 1.06 bits per heavy atom. The van der Waals surface area contributed by atoms with E-state index in [1.54, 1.807) is 25.2 Å². The molecule has 0 bridgehead atoms. The predicted octanol–water partition coefficient (Wildman–Crippen LogP) is 4.61. The van der Waals surface area contributed by atoms with Crippen LogP contribution in [0, 0.1) is 0 Å². The molecule has 2 aromatic rings. The number of carbonyl (C=O) groups excluding carboxylic acids is 2. The SMILES string of the molecule is COc1ccc(/C=C2\SC(=S)N(CCCCCC(=O)NNc3ccccc3)C2=O)cc1OC. The zero-order valence-corrected chi connectivity index (χ0v) is 20.3. The van der Waals surface area contributed by atoms with E-state index in [-0.39, 0.29) is 11.8 Å². The minimum Gasteiger partial charge on any atom is -0.493 e. The van der Waals surface area contributed by atoms with Crippen molar-refractivity contribution >= 4 is 51.9 Å². The molecule has 1 fully saturated rings. The lowest BCUT2D eigenvalue weighted by Crippen LogP contribution is -2.29. The summed E-state index contributed by atoms with van der Waals surface area (Å²) in [6.45, 7) is 0.540. The molecule has 1 aliphatic rings. The van der Waals surface area contributed by atoms with E-state index in [2.05, 4.69) is 10.9 Å². The molecule has 174 valence electrons. The molecule has 33 heavy (non-hydrogen) atoms. The van der Waals surface area contributed by atoms with Crippen LogP contribution in [0.1, 0.15) is 31.2 Å². The number of carbonyl (C=O) groups is 2. The number of thioether (sulfide) groups is 1. The molecular formula is C24H27N3O4S2. The number of amides is 2. The van der Waals surface area contributed by atoms with E-state index in [4.69, 9.17) is 21.7 Å². The summed E-state index contributed by atoms with van der Waals surface area (Å²) in [7, 11) is 3.15. The molecule has 2 amide bonds. The van der Waals surface area contributed by atoms with Gasteiger partial charge in [0.05, 0.1) is 24.8 Å². The van der Waals surface area contributed by atoms with E-state index >= 15 is 0 Å². The predicted molar refractivity (Wildman–Crippen MR) is 136 cm³/mol. The molecule has 0 aliphatic carbocycles. The van der Waals surface area contributed by atoms with Gasteiger partial charge in [0, 0.05) is 13.0 Å². The average Bonchev–Trinajstić information content (AvgIpc) is 3.10. The molecule has 0 saturated carbocycles. The molecular weight excluding hydrogens is 458 g/mol. The Labute approximate surface area is 203 Å². The second-order valence-corrected chi connectivity index (χ2v) is 8.97. The number of hydrogen-bond donors (Lipinski definition) is 2. The Bertz CT molecular complexity index is 1030. The zero-order chi connectivity index (χ0) is 23.6. The van der Waals surface area contributed by atoms with Crippen molar-refractivity contribution in [2.75, 3.05) is 26.2 Å². The van der Waals surface area contributed by atoms with Gasteiger partial charge in [-0.1, -0.05) is 54.7 Å². The lowest BCUT2D eigenvalue weighted by atomic mass is 10.1. The van der Waals surface area contributed by atoms with Gasteiger partial charge in [0.1, 0.15) is 4.32 Å². The fraction of sp³-hybridized carbons (Fsp3) is 0.292. The van der Waals surface area contributed by atoms with Gasteiger partial charge in [-0.2, -0.15) is 0 Å². The Kier molecular flexibility index (Phi) is 9.14. The van der Waals surface area contributed by atoms with Crippen molar-refractivity contribution in [2.45, 2.75) is 25.7 Å². The van der Waals surface area contributed by atoms with E-state index < -0.39 is 0 Å². The quantitative estimate of drug-likeness (QED) is 0.208. The Morgan fingerprint density at radius 2 is 1.82 bits per heavy atom. The number of anilines is 1. The number of nitrogens with one attached hydrogen (secondary N) is 2. The van der Waals surface area contributed by atoms with Gasteiger partial charge in [0.2, 0.25) is 5.91 Å². The number of para-hydroxylation sites is 1. The van der Waals surface area contributed by atoms with Crippen LogP contribution in [-0.2, 0) is 9.59 Å². The van der Waals surface area contributed by atoms with Crippen LogP contribution >= 0.6 is 24.0 Å². The number of thiocarbonyl (C=S) groups is 1. The maximum atomic E-state index is 12.8. The first kappa shape index (κ1) is 24.6. The van der Waals surface area contributed by atoms with Gasteiger partial charge >= 0.3 is 0 Å². The monoisotopic (exact) mass is 485 g/mol. The molecule has 0 aromatic heterocycles. The lowest BCUT2D eigenvalue weighted by Gasteiger charge is -2.14. The third-order valence-electron chi connectivity index (χ3n) is 4.98. The molecule has 7 nitrogen and oxygen atoms in total. The van der Waals surface area contributed by atoms with Crippen LogP contribution in [0.25, 0.3) is 6.08 Å². The van der Waals surface area contributed by atoms with Gasteiger partial charge in [-0.3, -0.25) is 25.3 Å². The highest BCUT2D eigenvalue weighted by atomic mass is 32.2. The van der Waals surface area contributed by atoms with Crippen LogP contribution in [-0.4, -0.2) is 41.8 Å². The molecule has 0 spiro atoms. The van der Waals surface area contributed by atoms with E-state index in [1.165, 1.54) is 11.8 Å². The highest BCUT2D eigenvalue weighted by Crippen LogP contribution is 2.34. The van der Waals surface area contributed by atoms with Gasteiger partial charge in [-0.05, 0) is 48.7 Å². The number of methoxy groups -OCH3 is 2. The number of rotatable bonds is 11. The van der Waals surface area contributed by atoms with Crippen LogP contribution in [0.2, 0.25) is 0 Å². The molecule has 0 unspecified atom stereocenters. The maximum Gasteiger partial charge on any atom is 0.266 e. The van der Waals surface area contributed by atoms with Crippen LogP contribution in [0.15, 0.2) is 53.4 Å². The minimum atomic E-state index is -0.0930. The molecule has 2 aromatic carbocycles. The summed E-state index contributed by atoms with van der Waals surface area (Å²) in [5.41, 5.74) is 7.25. The standard InChI is InChI=1S/C24H27N3O4S2/c1-30-19-13-12-17(15-20(19)31-2)16-21-23(29)27(24(32)33-21)14-8-4-7-11-22(28)26-25-18-9-5-3-6-10-18/h3,5-6,9-10,12-13,15-16,25H,4,7-8,11,14H2,1-2H3,(H,26,28)/b21-16-. The van der Waals surface area contributed by atoms with Crippen molar-refractivity contribution < 1.29 is 19.1 Å². The zero-order valence-electron chi connectivity index (χ0n) is 18.6. The first-order chi connectivity index (χ1) is 16.0. The normalized spacial score (nSPS) is 14.5. The number of hydrazine groups is 1. The highest BCUT2D eigenvalue weighted by Gasteiger charge is 2.31. The van der Waals surface area contributed by atoms with Crippen molar-refractivity contribution in [2.24, 2.45) is 0 Å². The van der Waals surface area contributed by atoms with Crippen LogP contribution in [0.4, 0.5) is 5.69 Å². The number of hydrogen-bond acceptors (Lipinski definition) is 7. The molecule has 0 radical (unpaired) electrons. The van der Waals surface area contributed by atoms with Crippen molar-refractivity contribution in [3.63, 3.8) is 0 Å². The van der Waals surface area contributed by atoms with Gasteiger partial charge in [-0.25, -0.2) is 0 Å². The van der Waals surface area contributed by atoms with Crippen LogP contribution in [0.5, 0.6) is 11.5 Å². The van der Waals surface area contributed by atoms with Crippen molar-refractivity contribution in [3.8, 4) is 11.5 Å². The van der Waals surface area contributed by atoms with Crippen LogP contribution < -0.4 is 20.3 Å². The molecule has 1 aliphatic heterocycles. The summed E-state index contributed by atoms with van der Waals surface area (Å²) >= 11 is 6.71. The summed E-state index contributed by atoms with van der Waals surface area (Å²) in [6, 6.07) is 14.9. The number of nitrogens with zero attached hydrogens (tertiary/aromatic N) is 1. The fourth-order valence-corrected chi connectivity index (χ4v) is 4.55. The molecule has 2 N–H and O–H groups in total. The van der Waals surface area contributed by atoms with E-state index in [9.17, 15) is 9.59 Å². The van der Waals surface area contributed by atoms with Gasteiger partial charge in [0.25, 0.3) is 5.91 Å². The topological polar surface area (TPSA) is 79.9 Å². The summed E-state index contributed by atoms with van der Waals surface area (Å²) in [6.07, 6.45) is 4.56. The Morgan fingerprint density at radius 3 is 2.55 bits per heavy atom. The van der Waals surface area contributed by atoms with Crippen molar-refractivity contribution in [1.82, 2.24) is 10.3 Å². The fourth-order valence-electron chi connectivity index (χ4n) is 3.24. The molecule has 1 heterocycles. The second kappa shape index (κ2) is 12.3. The second-order valence-electron chi connectivity index (χ2n) is 7.30. The van der Waals surface area contributed by atoms with Crippen molar-refractivity contribution in [3.05, 3.63) is 59.0 Å². The van der Waals surface area contributed by atoms with E-state index in [0.29, 0.717) is 33.7 Å². The summed E-state index contributed by atoms with van der Waals surface area (Å²) in [5, 5.41) is 0. The highest BCUT2D eigenvalue weighted by molar-refractivity contribution is 8.26. The number of ether oxygens (including phenoxy) is 2. The number of benzene rings is 2. The van der Waals surface area contributed by atoms with Crippen LogP contribution in [0.3, 0.4) is 0 Å². The van der Waals surface area contributed by atoms with Crippen molar-refractivity contribution in [1.29, 1.82) is 0 Å². The van der Waals surface area contributed by atoms with Gasteiger partial charge < -0.3 is 9.47 Å². The molecule has 9 heteroatoms. The third kappa shape index (κ3) is 6.97. The smallest absolute Gasteiger partial charge is 0.266 e. The Balaban J connectivity index is 1.43. The van der Waals surface area contributed by atoms with E-state index in [0.717, 1.165) is 30.5 Å². The lowest BCUT2D eigenvalue weighted by molar-refractivity contribution is -0.122. The summed E-state index contributed by atoms with van der Waals surface area (Å²) in [5.74, 6) is 1.07. The first-order valence-corrected chi connectivity index (χ1v) is 11.8. The number of unbranched alkanes of at least 4 members (excludes halogenated alkanes) is 2. The van der Waals surface area contributed by atoms with E-state index in [1.807, 2.05) is 48.5 Å². The minimum absolute atomic E-state index is 0.0673. The largest absolute Gasteiger partial charge is 0.493 e.